The number of aryl methyl sites for hydroxylation is 1. The lowest BCUT2D eigenvalue weighted by molar-refractivity contribution is 0.472. The molecule has 0 bridgehead atoms. The van der Waals surface area contributed by atoms with E-state index in [0.717, 1.165) is 28.3 Å². The van der Waals surface area contributed by atoms with Crippen molar-refractivity contribution in [2.45, 2.75) is 25.9 Å². The third-order valence-electron chi connectivity index (χ3n) is 6.10. The van der Waals surface area contributed by atoms with Gasteiger partial charge in [0, 0.05) is 28.3 Å². The van der Waals surface area contributed by atoms with E-state index in [4.69, 9.17) is 23.8 Å². The number of aromatic hydroxyl groups is 1. The lowest BCUT2D eigenvalue weighted by atomic mass is 9.96. The fourth-order valence-corrected chi connectivity index (χ4v) is 5.19. The number of phenolic OH excluding ortho intramolecular Hbond substituents is 1. The van der Waals surface area contributed by atoms with Crippen molar-refractivity contribution in [3.63, 3.8) is 0 Å². The Hall–Kier alpha value is -3.35. The molecule has 7 heteroatoms. The molecule has 2 N–H and O–H groups in total. The van der Waals surface area contributed by atoms with Crippen LogP contribution in [-0.4, -0.2) is 19.8 Å². The molecule has 3 heterocycles. The molecule has 5 rings (SSSR count). The summed E-state index contributed by atoms with van der Waals surface area (Å²) in [6, 6.07) is 22.9. The van der Waals surface area contributed by atoms with E-state index < -0.39 is 0 Å². The predicted molar refractivity (Wildman–Crippen MR) is 136 cm³/mol. The third-order valence-corrected chi connectivity index (χ3v) is 6.65. The number of hydrogen-bond acceptors (Lipinski definition) is 3. The highest BCUT2D eigenvalue weighted by Gasteiger charge is 2.43. The number of rotatable bonds is 4. The molecule has 0 saturated carbocycles. The van der Waals surface area contributed by atoms with Crippen molar-refractivity contribution in [2.24, 2.45) is 0 Å². The van der Waals surface area contributed by atoms with Crippen molar-refractivity contribution < 1.29 is 5.11 Å². The zero-order valence-corrected chi connectivity index (χ0v) is 19.8. The summed E-state index contributed by atoms with van der Waals surface area (Å²) in [5.74, 6) is 0.118. The molecule has 5 nitrogen and oxygen atoms in total. The van der Waals surface area contributed by atoms with Gasteiger partial charge in [-0.3, -0.25) is 4.98 Å². The van der Waals surface area contributed by atoms with E-state index >= 15 is 0 Å². The SMILES string of the molecule is Cc1cc([C@H]2[C@@H](c3ccccn3)NC(=S)N2c2cc(Cl)ccc2O)c(C)n1-c1ccccc1. The Labute approximate surface area is 203 Å². The highest BCUT2D eigenvalue weighted by molar-refractivity contribution is 7.80. The van der Waals surface area contributed by atoms with Crippen molar-refractivity contribution in [1.29, 1.82) is 0 Å². The first-order chi connectivity index (χ1) is 16.0. The van der Waals surface area contributed by atoms with Gasteiger partial charge in [-0.05, 0) is 80.2 Å². The Morgan fingerprint density at radius 3 is 2.48 bits per heavy atom. The summed E-state index contributed by atoms with van der Waals surface area (Å²) in [6.07, 6.45) is 1.78. The van der Waals surface area contributed by atoms with Gasteiger partial charge in [0.2, 0.25) is 0 Å². The van der Waals surface area contributed by atoms with E-state index in [9.17, 15) is 5.11 Å². The quantitative estimate of drug-likeness (QED) is 0.354. The number of nitrogens with zero attached hydrogens (tertiary/aromatic N) is 3. The molecule has 1 fully saturated rings. The molecular weight excluding hydrogens is 452 g/mol. The molecule has 0 amide bonds. The number of phenols is 1. The van der Waals surface area contributed by atoms with Gasteiger partial charge in [-0.15, -0.1) is 0 Å². The third kappa shape index (κ3) is 3.75. The van der Waals surface area contributed by atoms with Gasteiger partial charge < -0.3 is 19.9 Å². The highest BCUT2D eigenvalue weighted by atomic mass is 35.5. The van der Waals surface area contributed by atoms with E-state index in [1.807, 2.05) is 41.3 Å². The van der Waals surface area contributed by atoms with Gasteiger partial charge in [0.25, 0.3) is 0 Å². The van der Waals surface area contributed by atoms with Crippen LogP contribution in [0.3, 0.4) is 0 Å². The smallest absolute Gasteiger partial charge is 0.174 e. The van der Waals surface area contributed by atoms with Crippen LogP contribution in [0.5, 0.6) is 5.75 Å². The van der Waals surface area contributed by atoms with Crippen LogP contribution in [0.15, 0.2) is 79.0 Å². The largest absolute Gasteiger partial charge is 0.506 e. The molecule has 0 spiro atoms. The first-order valence-corrected chi connectivity index (χ1v) is 11.5. The Bertz CT molecular complexity index is 1320. The van der Waals surface area contributed by atoms with E-state index in [1.165, 1.54) is 0 Å². The highest BCUT2D eigenvalue weighted by Crippen LogP contribution is 2.46. The minimum atomic E-state index is -0.236. The molecule has 33 heavy (non-hydrogen) atoms. The molecule has 2 atom stereocenters. The van der Waals surface area contributed by atoms with E-state index in [2.05, 4.69) is 46.9 Å². The summed E-state index contributed by atoms with van der Waals surface area (Å²) in [5.41, 5.74) is 5.84. The maximum absolute atomic E-state index is 10.7. The fourth-order valence-electron chi connectivity index (χ4n) is 4.68. The van der Waals surface area contributed by atoms with E-state index in [1.54, 1.807) is 24.4 Å². The minimum absolute atomic E-state index is 0.118. The van der Waals surface area contributed by atoms with Crippen molar-refractivity contribution >= 4 is 34.6 Å². The van der Waals surface area contributed by atoms with Crippen molar-refractivity contribution in [2.75, 3.05) is 4.90 Å². The Morgan fingerprint density at radius 2 is 1.76 bits per heavy atom. The minimum Gasteiger partial charge on any atom is -0.506 e. The summed E-state index contributed by atoms with van der Waals surface area (Å²) < 4.78 is 2.24. The topological polar surface area (TPSA) is 53.3 Å². The average Bonchev–Trinajstić information content (AvgIpc) is 3.31. The molecule has 0 aliphatic carbocycles. The van der Waals surface area contributed by atoms with Crippen LogP contribution in [0, 0.1) is 13.8 Å². The van der Waals surface area contributed by atoms with Gasteiger partial charge >= 0.3 is 0 Å². The Kier molecular flexibility index (Phi) is 5.56. The first-order valence-electron chi connectivity index (χ1n) is 10.7. The zero-order chi connectivity index (χ0) is 23.1. The summed E-state index contributed by atoms with van der Waals surface area (Å²) in [4.78, 5) is 6.56. The molecule has 2 aromatic heterocycles. The second-order valence-corrected chi connectivity index (χ2v) is 8.95. The summed E-state index contributed by atoms with van der Waals surface area (Å²) in [6.45, 7) is 4.21. The second kappa shape index (κ2) is 8.54. The van der Waals surface area contributed by atoms with Crippen LogP contribution >= 0.6 is 23.8 Å². The summed E-state index contributed by atoms with van der Waals surface area (Å²) >= 11 is 12.1. The van der Waals surface area contributed by atoms with Gasteiger partial charge in [-0.25, -0.2) is 0 Å². The Morgan fingerprint density at radius 1 is 1.00 bits per heavy atom. The Balaban J connectivity index is 1.71. The van der Waals surface area contributed by atoms with E-state index in [-0.39, 0.29) is 17.8 Å². The molecule has 1 aliphatic heterocycles. The molecule has 4 aromatic rings. The molecule has 2 aromatic carbocycles. The normalized spacial score (nSPS) is 17.9. The lowest BCUT2D eigenvalue weighted by Crippen LogP contribution is -2.29. The van der Waals surface area contributed by atoms with Crippen molar-refractivity contribution in [1.82, 2.24) is 14.9 Å². The van der Waals surface area contributed by atoms with Crippen LogP contribution in [-0.2, 0) is 0 Å². The molecule has 166 valence electrons. The number of pyridine rings is 1. The van der Waals surface area contributed by atoms with Crippen LogP contribution in [0.25, 0.3) is 5.69 Å². The summed E-state index contributed by atoms with van der Waals surface area (Å²) in [5, 5.41) is 15.2. The molecule has 0 radical (unpaired) electrons. The molecule has 1 saturated heterocycles. The number of halogens is 1. The second-order valence-electron chi connectivity index (χ2n) is 8.13. The molecular formula is C26H23ClN4OS. The lowest BCUT2D eigenvalue weighted by Gasteiger charge is -2.28. The van der Waals surface area contributed by atoms with Gasteiger partial charge in [-0.1, -0.05) is 35.9 Å². The van der Waals surface area contributed by atoms with Crippen LogP contribution in [0.4, 0.5) is 5.69 Å². The van der Waals surface area contributed by atoms with Crippen LogP contribution in [0.2, 0.25) is 5.02 Å². The standard InChI is InChI=1S/C26H23ClN4OS/c1-16-14-20(17(2)30(16)19-8-4-3-5-9-19)25-24(21-10-6-7-13-28-21)29-26(33)31(25)22-15-18(27)11-12-23(22)32/h3-15,24-25,32H,1-2H3,(H,29,33)/t24-,25+/m1/s1. The van der Waals surface area contributed by atoms with Crippen molar-refractivity contribution in [3.8, 4) is 11.4 Å². The van der Waals surface area contributed by atoms with Gasteiger partial charge in [0.1, 0.15) is 5.75 Å². The van der Waals surface area contributed by atoms with Gasteiger partial charge in [-0.2, -0.15) is 0 Å². The average molecular weight is 475 g/mol. The summed E-state index contributed by atoms with van der Waals surface area (Å²) in [7, 11) is 0. The number of aromatic nitrogens is 2. The fraction of sp³-hybridized carbons (Fsp3) is 0.154. The van der Waals surface area contributed by atoms with Crippen LogP contribution < -0.4 is 10.2 Å². The van der Waals surface area contributed by atoms with Crippen molar-refractivity contribution in [3.05, 3.63) is 107 Å². The number of para-hydroxylation sites is 1. The molecule has 1 aliphatic rings. The maximum atomic E-state index is 10.7. The number of nitrogens with one attached hydrogen (secondary N) is 1. The van der Waals surface area contributed by atoms with Gasteiger partial charge in [0.15, 0.2) is 5.11 Å². The van der Waals surface area contributed by atoms with Gasteiger partial charge in [0.05, 0.1) is 23.5 Å². The number of benzene rings is 2. The number of hydrogen-bond donors (Lipinski definition) is 2. The zero-order valence-electron chi connectivity index (χ0n) is 18.2. The van der Waals surface area contributed by atoms with Crippen LogP contribution in [0.1, 0.15) is 34.7 Å². The monoisotopic (exact) mass is 474 g/mol. The van der Waals surface area contributed by atoms with E-state index in [0.29, 0.717) is 15.8 Å². The molecule has 0 unspecified atom stereocenters. The number of thiocarbonyl (C=S) groups is 1. The first kappa shape index (κ1) is 21.5. The number of anilines is 1. The maximum Gasteiger partial charge on any atom is 0.174 e. The predicted octanol–water partition coefficient (Wildman–Crippen LogP) is 6.03.